The third-order valence-electron chi connectivity index (χ3n) is 5.35. The van der Waals surface area contributed by atoms with Gasteiger partial charge in [0.25, 0.3) is 5.91 Å². The number of carbonyl (C=O) groups excluding carboxylic acids is 1. The van der Waals surface area contributed by atoms with Crippen LogP contribution in [0.1, 0.15) is 40.4 Å². The number of aromatic amines is 1. The maximum absolute atomic E-state index is 13.3. The Balaban J connectivity index is 1.66. The molecule has 1 aliphatic carbocycles. The zero-order valence-electron chi connectivity index (χ0n) is 15.6. The van der Waals surface area contributed by atoms with Crippen LogP contribution in [0.5, 0.6) is 5.75 Å². The monoisotopic (exact) mass is 361 g/mol. The van der Waals surface area contributed by atoms with Crippen LogP contribution in [-0.4, -0.2) is 35.2 Å². The van der Waals surface area contributed by atoms with Crippen LogP contribution in [0, 0.1) is 0 Å². The molecule has 1 aromatic heterocycles. The fraction of sp³-hybridized carbons (Fsp3) is 0.273. The summed E-state index contributed by atoms with van der Waals surface area (Å²) in [5, 5.41) is 7.11. The molecule has 0 radical (unpaired) electrons. The molecule has 4 rings (SSSR count). The number of aryl methyl sites for hydroxylation is 1. The van der Waals surface area contributed by atoms with Gasteiger partial charge in [-0.3, -0.25) is 9.89 Å². The van der Waals surface area contributed by atoms with Crippen molar-refractivity contribution in [3.8, 4) is 17.0 Å². The molecule has 5 heteroatoms. The zero-order chi connectivity index (χ0) is 18.8. The maximum atomic E-state index is 13.3. The van der Waals surface area contributed by atoms with Crippen molar-refractivity contribution < 1.29 is 9.53 Å². The Morgan fingerprint density at radius 1 is 1.22 bits per heavy atom. The maximum Gasteiger partial charge on any atom is 0.257 e. The highest BCUT2D eigenvalue weighted by molar-refractivity contribution is 6.00. The Bertz CT molecular complexity index is 963. The highest BCUT2D eigenvalue weighted by Gasteiger charge is 2.29. The molecule has 0 unspecified atom stereocenters. The van der Waals surface area contributed by atoms with Gasteiger partial charge >= 0.3 is 0 Å². The Labute approximate surface area is 159 Å². The molecule has 1 amide bonds. The van der Waals surface area contributed by atoms with Crippen molar-refractivity contribution in [3.05, 3.63) is 71.4 Å². The molecular formula is C22H23N3O2. The Morgan fingerprint density at radius 3 is 2.93 bits per heavy atom. The lowest BCUT2D eigenvalue weighted by Crippen LogP contribution is -2.33. The first-order valence-electron chi connectivity index (χ1n) is 9.22. The number of ether oxygens (including phenoxy) is 1. The minimum atomic E-state index is -0.0247. The van der Waals surface area contributed by atoms with Crippen molar-refractivity contribution in [2.75, 3.05) is 14.2 Å². The molecule has 0 saturated carbocycles. The van der Waals surface area contributed by atoms with Crippen molar-refractivity contribution in [3.63, 3.8) is 0 Å². The smallest absolute Gasteiger partial charge is 0.257 e. The average Bonchev–Trinajstić information content (AvgIpc) is 3.22. The van der Waals surface area contributed by atoms with E-state index >= 15 is 0 Å². The molecule has 0 spiro atoms. The van der Waals surface area contributed by atoms with Crippen LogP contribution >= 0.6 is 0 Å². The number of hydrogen-bond donors (Lipinski definition) is 1. The summed E-state index contributed by atoms with van der Waals surface area (Å²) in [6, 6.07) is 16.2. The predicted octanol–water partition coefficient (Wildman–Crippen LogP) is 4.23. The first-order valence-corrected chi connectivity index (χ1v) is 9.22. The summed E-state index contributed by atoms with van der Waals surface area (Å²) in [5.74, 6) is 0.721. The zero-order valence-corrected chi connectivity index (χ0v) is 15.6. The van der Waals surface area contributed by atoms with E-state index in [9.17, 15) is 4.79 Å². The standard InChI is InChI=1S/C22H23N3O2/c1-25(20-12-6-8-15-7-3-4-11-18(15)20)22(26)19-14-23-24-21(19)16-9-5-10-17(13-16)27-2/h3-5,7,9-11,13-14,20H,6,8,12H2,1-2H3,(H,23,24)/t20-/m1/s1. The van der Waals surface area contributed by atoms with E-state index in [2.05, 4.69) is 34.5 Å². The number of methoxy groups -OCH3 is 1. The van der Waals surface area contributed by atoms with E-state index in [1.807, 2.05) is 36.2 Å². The molecule has 1 heterocycles. The van der Waals surface area contributed by atoms with E-state index in [1.54, 1.807) is 13.3 Å². The molecule has 1 atom stereocenters. The fourth-order valence-electron chi connectivity index (χ4n) is 3.91. The number of H-pyrrole nitrogens is 1. The van der Waals surface area contributed by atoms with E-state index in [0.29, 0.717) is 5.56 Å². The van der Waals surface area contributed by atoms with Gasteiger partial charge in [0.1, 0.15) is 5.75 Å². The normalized spacial score (nSPS) is 15.9. The summed E-state index contributed by atoms with van der Waals surface area (Å²) in [6.07, 6.45) is 4.76. The van der Waals surface area contributed by atoms with E-state index in [1.165, 1.54) is 11.1 Å². The van der Waals surface area contributed by atoms with Gasteiger partial charge in [0.05, 0.1) is 30.6 Å². The third kappa shape index (κ3) is 3.21. The molecule has 3 aromatic rings. The van der Waals surface area contributed by atoms with Gasteiger partial charge in [-0.05, 0) is 42.5 Å². The number of benzene rings is 2. The molecule has 0 fully saturated rings. The predicted molar refractivity (Wildman–Crippen MR) is 105 cm³/mol. The number of carbonyl (C=O) groups is 1. The van der Waals surface area contributed by atoms with Crippen molar-refractivity contribution >= 4 is 5.91 Å². The number of hydrogen-bond acceptors (Lipinski definition) is 3. The lowest BCUT2D eigenvalue weighted by atomic mass is 9.87. The SMILES string of the molecule is COc1cccc(-c2[nH]ncc2C(=O)N(C)[C@@H]2CCCc3ccccc32)c1. The van der Waals surface area contributed by atoms with Gasteiger partial charge in [-0.1, -0.05) is 36.4 Å². The summed E-state index contributed by atoms with van der Waals surface area (Å²) in [5.41, 5.74) is 4.77. The minimum Gasteiger partial charge on any atom is -0.497 e. The van der Waals surface area contributed by atoms with E-state index in [4.69, 9.17) is 4.74 Å². The van der Waals surface area contributed by atoms with Crippen LogP contribution in [-0.2, 0) is 6.42 Å². The molecule has 2 aromatic carbocycles. The molecule has 0 saturated heterocycles. The van der Waals surface area contributed by atoms with Crippen molar-refractivity contribution in [2.24, 2.45) is 0 Å². The Hall–Kier alpha value is -3.08. The van der Waals surface area contributed by atoms with Gasteiger partial charge in [-0.25, -0.2) is 0 Å². The van der Waals surface area contributed by atoms with Crippen LogP contribution < -0.4 is 4.74 Å². The second kappa shape index (κ2) is 7.27. The lowest BCUT2D eigenvalue weighted by Gasteiger charge is -2.33. The van der Waals surface area contributed by atoms with Crippen LogP contribution in [0.25, 0.3) is 11.3 Å². The van der Waals surface area contributed by atoms with E-state index < -0.39 is 0 Å². The second-order valence-corrected chi connectivity index (χ2v) is 6.91. The Kier molecular flexibility index (Phi) is 4.67. The highest BCUT2D eigenvalue weighted by Crippen LogP contribution is 2.35. The van der Waals surface area contributed by atoms with Gasteiger partial charge < -0.3 is 9.64 Å². The molecule has 0 bridgehead atoms. The quantitative estimate of drug-likeness (QED) is 0.756. The average molecular weight is 361 g/mol. The fourth-order valence-corrected chi connectivity index (χ4v) is 3.91. The van der Waals surface area contributed by atoms with Gasteiger partial charge in [0.15, 0.2) is 0 Å². The number of aromatic nitrogens is 2. The Morgan fingerprint density at radius 2 is 2.07 bits per heavy atom. The second-order valence-electron chi connectivity index (χ2n) is 6.91. The topological polar surface area (TPSA) is 58.2 Å². The first kappa shape index (κ1) is 17.3. The van der Waals surface area contributed by atoms with Gasteiger partial charge in [-0.2, -0.15) is 5.10 Å². The molecule has 1 N–H and O–H groups in total. The highest BCUT2D eigenvalue weighted by atomic mass is 16.5. The van der Waals surface area contributed by atoms with Crippen molar-refractivity contribution in [1.29, 1.82) is 0 Å². The number of nitrogens with one attached hydrogen (secondary N) is 1. The minimum absolute atomic E-state index is 0.0247. The summed E-state index contributed by atoms with van der Waals surface area (Å²) in [7, 11) is 3.52. The largest absolute Gasteiger partial charge is 0.497 e. The number of rotatable bonds is 4. The molecule has 5 nitrogen and oxygen atoms in total. The molecule has 138 valence electrons. The summed E-state index contributed by atoms with van der Waals surface area (Å²) in [4.78, 5) is 15.2. The van der Waals surface area contributed by atoms with Crippen LogP contribution in [0.15, 0.2) is 54.7 Å². The van der Waals surface area contributed by atoms with Crippen LogP contribution in [0.3, 0.4) is 0 Å². The molecular weight excluding hydrogens is 338 g/mol. The third-order valence-corrected chi connectivity index (χ3v) is 5.35. The van der Waals surface area contributed by atoms with Crippen LogP contribution in [0.2, 0.25) is 0 Å². The lowest BCUT2D eigenvalue weighted by molar-refractivity contribution is 0.0716. The van der Waals surface area contributed by atoms with Crippen molar-refractivity contribution in [2.45, 2.75) is 25.3 Å². The van der Waals surface area contributed by atoms with Gasteiger partial charge in [-0.15, -0.1) is 0 Å². The van der Waals surface area contributed by atoms with E-state index in [-0.39, 0.29) is 11.9 Å². The number of nitrogens with zero attached hydrogens (tertiary/aromatic N) is 2. The number of amides is 1. The summed E-state index contributed by atoms with van der Waals surface area (Å²) in [6.45, 7) is 0. The first-order chi connectivity index (χ1) is 13.2. The number of fused-ring (bicyclic) bond motifs is 1. The summed E-state index contributed by atoms with van der Waals surface area (Å²) < 4.78 is 5.31. The molecule has 27 heavy (non-hydrogen) atoms. The molecule has 0 aliphatic heterocycles. The van der Waals surface area contributed by atoms with Crippen LogP contribution in [0.4, 0.5) is 0 Å². The summed E-state index contributed by atoms with van der Waals surface area (Å²) >= 11 is 0. The van der Waals surface area contributed by atoms with Crippen molar-refractivity contribution in [1.82, 2.24) is 15.1 Å². The molecule has 1 aliphatic rings. The van der Waals surface area contributed by atoms with Gasteiger partial charge in [0.2, 0.25) is 0 Å². The van der Waals surface area contributed by atoms with Gasteiger partial charge in [0, 0.05) is 12.6 Å². The van der Waals surface area contributed by atoms with E-state index in [0.717, 1.165) is 36.3 Å².